The van der Waals surface area contributed by atoms with Gasteiger partial charge in [-0.05, 0) is 25.7 Å². The van der Waals surface area contributed by atoms with E-state index in [1.165, 1.54) is 0 Å². The SMILES string of the molecule is Cc1nc(NN)cc(N2CCC(CO)CC2)n1. The van der Waals surface area contributed by atoms with E-state index in [0.29, 0.717) is 17.6 Å². The van der Waals surface area contributed by atoms with E-state index in [-0.39, 0.29) is 6.61 Å². The van der Waals surface area contributed by atoms with Crippen LogP contribution in [0.1, 0.15) is 18.7 Å². The number of aromatic nitrogens is 2. The van der Waals surface area contributed by atoms with Crippen LogP contribution in [0.15, 0.2) is 6.07 Å². The number of hydrazine groups is 1. The topological polar surface area (TPSA) is 87.3 Å². The maximum absolute atomic E-state index is 9.10. The van der Waals surface area contributed by atoms with Crippen molar-refractivity contribution in [2.75, 3.05) is 30.0 Å². The molecule has 2 rings (SSSR count). The van der Waals surface area contributed by atoms with Crippen LogP contribution in [0.25, 0.3) is 0 Å². The zero-order valence-electron chi connectivity index (χ0n) is 10.1. The highest BCUT2D eigenvalue weighted by Gasteiger charge is 2.20. The molecule has 1 fully saturated rings. The molecule has 0 radical (unpaired) electrons. The molecule has 1 aromatic heterocycles. The molecule has 1 aromatic rings. The number of aliphatic hydroxyl groups is 1. The van der Waals surface area contributed by atoms with Gasteiger partial charge < -0.3 is 15.4 Å². The molecule has 0 bridgehead atoms. The van der Waals surface area contributed by atoms with Crippen molar-refractivity contribution in [3.8, 4) is 0 Å². The normalized spacial score (nSPS) is 17.2. The minimum Gasteiger partial charge on any atom is -0.396 e. The van der Waals surface area contributed by atoms with Gasteiger partial charge in [-0.3, -0.25) is 0 Å². The highest BCUT2D eigenvalue weighted by Crippen LogP contribution is 2.22. The number of aryl methyl sites for hydroxylation is 1. The number of nitrogens with two attached hydrogens (primary N) is 1. The molecule has 0 aliphatic carbocycles. The fourth-order valence-electron chi connectivity index (χ4n) is 2.13. The molecule has 4 N–H and O–H groups in total. The van der Waals surface area contributed by atoms with Crippen LogP contribution in [0.2, 0.25) is 0 Å². The first-order valence-corrected chi connectivity index (χ1v) is 5.91. The fourth-order valence-corrected chi connectivity index (χ4v) is 2.13. The minimum absolute atomic E-state index is 0.284. The van der Waals surface area contributed by atoms with Crippen LogP contribution in [0.4, 0.5) is 11.6 Å². The highest BCUT2D eigenvalue weighted by atomic mass is 16.3. The molecular formula is C11H19N5O. The van der Waals surface area contributed by atoms with Crippen LogP contribution in [0.3, 0.4) is 0 Å². The van der Waals surface area contributed by atoms with Crippen LogP contribution in [0.5, 0.6) is 0 Å². The van der Waals surface area contributed by atoms with Gasteiger partial charge in [-0.25, -0.2) is 15.8 Å². The van der Waals surface area contributed by atoms with Crippen LogP contribution in [-0.2, 0) is 0 Å². The maximum Gasteiger partial charge on any atom is 0.145 e. The number of nitrogens with one attached hydrogen (secondary N) is 1. The van der Waals surface area contributed by atoms with Gasteiger partial charge in [0.1, 0.15) is 17.5 Å². The van der Waals surface area contributed by atoms with Crippen LogP contribution in [0, 0.1) is 12.8 Å². The quantitative estimate of drug-likeness (QED) is 0.517. The van der Waals surface area contributed by atoms with Gasteiger partial charge >= 0.3 is 0 Å². The summed E-state index contributed by atoms with van der Waals surface area (Å²) in [7, 11) is 0. The summed E-state index contributed by atoms with van der Waals surface area (Å²) >= 11 is 0. The van der Waals surface area contributed by atoms with E-state index in [4.69, 9.17) is 10.9 Å². The van der Waals surface area contributed by atoms with Gasteiger partial charge in [-0.15, -0.1) is 0 Å². The average Bonchev–Trinajstić information content (AvgIpc) is 2.38. The Labute approximate surface area is 101 Å². The number of hydrogen-bond donors (Lipinski definition) is 3. The lowest BCUT2D eigenvalue weighted by molar-refractivity contribution is 0.203. The first-order valence-electron chi connectivity index (χ1n) is 5.91. The first kappa shape index (κ1) is 12.1. The number of piperidine rings is 1. The summed E-state index contributed by atoms with van der Waals surface area (Å²) in [6.07, 6.45) is 2.01. The van der Waals surface area contributed by atoms with Gasteiger partial charge in [0.15, 0.2) is 0 Å². The predicted molar refractivity (Wildman–Crippen MR) is 66.6 cm³/mol. The smallest absolute Gasteiger partial charge is 0.145 e. The Morgan fingerprint density at radius 3 is 2.76 bits per heavy atom. The predicted octanol–water partition coefficient (Wildman–Crippen LogP) is 0.279. The largest absolute Gasteiger partial charge is 0.396 e. The molecule has 0 spiro atoms. The van der Waals surface area contributed by atoms with Crippen LogP contribution < -0.4 is 16.2 Å². The van der Waals surface area contributed by atoms with Crippen molar-refractivity contribution < 1.29 is 5.11 Å². The Morgan fingerprint density at radius 2 is 2.18 bits per heavy atom. The summed E-state index contributed by atoms with van der Waals surface area (Å²) in [6.45, 7) is 3.98. The summed E-state index contributed by atoms with van der Waals surface area (Å²) in [6, 6.07) is 1.85. The van der Waals surface area contributed by atoms with Gasteiger partial charge in [0.05, 0.1) is 0 Å². The molecule has 0 saturated carbocycles. The van der Waals surface area contributed by atoms with E-state index in [1.807, 2.05) is 13.0 Å². The van der Waals surface area contributed by atoms with E-state index in [1.54, 1.807) is 0 Å². The van der Waals surface area contributed by atoms with Gasteiger partial charge in [-0.1, -0.05) is 0 Å². The number of aliphatic hydroxyl groups excluding tert-OH is 1. The first-order chi connectivity index (χ1) is 8.22. The molecule has 0 aromatic carbocycles. The Hall–Kier alpha value is -1.40. The summed E-state index contributed by atoms with van der Waals surface area (Å²) in [5, 5.41) is 9.10. The van der Waals surface area contributed by atoms with Crippen molar-refractivity contribution in [1.29, 1.82) is 0 Å². The maximum atomic E-state index is 9.10. The second-order valence-corrected chi connectivity index (χ2v) is 4.42. The fraction of sp³-hybridized carbons (Fsp3) is 0.636. The third-order valence-electron chi connectivity index (χ3n) is 3.17. The Kier molecular flexibility index (Phi) is 3.75. The summed E-state index contributed by atoms with van der Waals surface area (Å²) < 4.78 is 0. The molecule has 94 valence electrons. The molecule has 0 amide bonds. The van der Waals surface area contributed by atoms with E-state index < -0.39 is 0 Å². The Bertz CT molecular complexity index is 376. The van der Waals surface area contributed by atoms with E-state index >= 15 is 0 Å². The van der Waals surface area contributed by atoms with Crippen molar-refractivity contribution in [1.82, 2.24) is 9.97 Å². The van der Waals surface area contributed by atoms with Crippen molar-refractivity contribution >= 4 is 11.6 Å². The number of nitrogen functional groups attached to an aromatic ring is 1. The molecule has 1 aliphatic heterocycles. The standard InChI is InChI=1S/C11H19N5O/c1-8-13-10(15-12)6-11(14-8)16-4-2-9(7-17)3-5-16/h6,9,17H,2-5,7,12H2,1H3,(H,13,14,15). The van der Waals surface area contributed by atoms with Crippen molar-refractivity contribution in [2.45, 2.75) is 19.8 Å². The van der Waals surface area contributed by atoms with Gasteiger partial charge in [0.25, 0.3) is 0 Å². The number of hydrogen-bond acceptors (Lipinski definition) is 6. The lowest BCUT2D eigenvalue weighted by Gasteiger charge is -2.32. The third kappa shape index (κ3) is 2.83. The minimum atomic E-state index is 0.284. The molecule has 2 heterocycles. The molecule has 0 atom stereocenters. The highest BCUT2D eigenvalue weighted by molar-refractivity contribution is 5.49. The van der Waals surface area contributed by atoms with Crippen molar-refractivity contribution in [3.05, 3.63) is 11.9 Å². The van der Waals surface area contributed by atoms with Crippen LogP contribution >= 0.6 is 0 Å². The van der Waals surface area contributed by atoms with E-state index in [0.717, 1.165) is 31.7 Å². The lowest BCUT2D eigenvalue weighted by Crippen LogP contribution is -2.35. The summed E-state index contributed by atoms with van der Waals surface area (Å²) in [4.78, 5) is 10.8. The monoisotopic (exact) mass is 237 g/mol. The Balaban J connectivity index is 2.10. The number of anilines is 2. The molecule has 0 unspecified atom stereocenters. The third-order valence-corrected chi connectivity index (χ3v) is 3.17. The molecule has 6 heteroatoms. The second kappa shape index (κ2) is 5.29. The number of rotatable bonds is 3. The average molecular weight is 237 g/mol. The van der Waals surface area contributed by atoms with E-state index in [9.17, 15) is 0 Å². The second-order valence-electron chi connectivity index (χ2n) is 4.42. The zero-order chi connectivity index (χ0) is 12.3. The van der Waals surface area contributed by atoms with Gasteiger partial charge in [0, 0.05) is 25.8 Å². The van der Waals surface area contributed by atoms with Gasteiger partial charge in [0.2, 0.25) is 0 Å². The molecular weight excluding hydrogens is 218 g/mol. The zero-order valence-corrected chi connectivity index (χ0v) is 10.1. The molecule has 17 heavy (non-hydrogen) atoms. The van der Waals surface area contributed by atoms with Crippen molar-refractivity contribution in [3.63, 3.8) is 0 Å². The molecule has 1 saturated heterocycles. The number of nitrogens with zero attached hydrogens (tertiary/aromatic N) is 3. The van der Waals surface area contributed by atoms with E-state index in [2.05, 4.69) is 20.3 Å². The molecule has 6 nitrogen and oxygen atoms in total. The van der Waals surface area contributed by atoms with Crippen LogP contribution in [-0.4, -0.2) is 34.8 Å². The van der Waals surface area contributed by atoms with Gasteiger partial charge in [-0.2, -0.15) is 0 Å². The summed E-state index contributed by atoms with van der Waals surface area (Å²) in [5.41, 5.74) is 2.55. The lowest BCUT2D eigenvalue weighted by atomic mass is 9.98. The Morgan fingerprint density at radius 1 is 1.47 bits per heavy atom. The summed E-state index contributed by atoms with van der Waals surface area (Å²) in [5.74, 6) is 8.05. The van der Waals surface area contributed by atoms with Crippen molar-refractivity contribution in [2.24, 2.45) is 11.8 Å². The molecule has 1 aliphatic rings.